The van der Waals surface area contributed by atoms with Crippen LogP contribution >= 0.6 is 0 Å². The molecule has 1 nitrogen and oxygen atoms in total. The predicted molar refractivity (Wildman–Crippen MR) is 62.0 cm³/mol. The Morgan fingerprint density at radius 3 is 2.15 bits per heavy atom. The van der Waals surface area contributed by atoms with Gasteiger partial charge in [0.15, 0.2) is 0 Å². The van der Waals surface area contributed by atoms with Crippen molar-refractivity contribution in [2.75, 3.05) is 6.61 Å². The summed E-state index contributed by atoms with van der Waals surface area (Å²) in [6.07, 6.45) is 5.40. The van der Waals surface area contributed by atoms with E-state index in [1.165, 1.54) is 31.7 Å². The third-order valence-electron chi connectivity index (χ3n) is 1.92. The van der Waals surface area contributed by atoms with Crippen molar-refractivity contribution >= 4 is 9.52 Å². The zero-order valence-corrected chi connectivity index (χ0v) is 10.9. The highest BCUT2D eigenvalue weighted by Gasteiger charge is 2.08. The molecule has 0 unspecified atom stereocenters. The van der Waals surface area contributed by atoms with E-state index in [4.69, 9.17) is 4.74 Å². The number of unbranched alkanes of at least 4 members (excludes halogenated alkanes) is 3. The molecule has 0 aromatic carbocycles. The summed E-state index contributed by atoms with van der Waals surface area (Å²) >= 11 is 0. The van der Waals surface area contributed by atoms with E-state index < -0.39 is 0 Å². The first-order chi connectivity index (χ1) is 6.06. The molecule has 0 rings (SSSR count). The van der Waals surface area contributed by atoms with Gasteiger partial charge in [-0.15, -0.1) is 0 Å². The average Bonchev–Trinajstić information content (AvgIpc) is 2.01. The molecule has 0 aromatic rings. The molecule has 0 N–H and O–H groups in total. The van der Waals surface area contributed by atoms with E-state index in [9.17, 15) is 0 Å². The summed E-state index contributed by atoms with van der Waals surface area (Å²) in [6, 6.07) is 1.47. The van der Waals surface area contributed by atoms with Gasteiger partial charge in [0.05, 0.1) is 5.60 Å². The Balaban J connectivity index is 3.00. The van der Waals surface area contributed by atoms with E-state index in [-0.39, 0.29) is 5.60 Å². The second-order valence-corrected chi connectivity index (χ2v) is 5.97. The van der Waals surface area contributed by atoms with Crippen molar-refractivity contribution < 1.29 is 4.74 Å². The molecule has 0 heterocycles. The van der Waals surface area contributed by atoms with Crippen LogP contribution < -0.4 is 0 Å². The van der Waals surface area contributed by atoms with E-state index >= 15 is 0 Å². The number of rotatable bonds is 7. The van der Waals surface area contributed by atoms with Crippen LogP contribution in [0.3, 0.4) is 0 Å². The predicted octanol–water partition coefficient (Wildman–Crippen LogP) is 3.26. The maximum Gasteiger partial charge on any atom is 0.0598 e. The van der Waals surface area contributed by atoms with Gasteiger partial charge in [0, 0.05) is 16.1 Å². The molecule has 1 radical (unpaired) electrons. The molecular formula is C11H25OSi. The van der Waals surface area contributed by atoms with Gasteiger partial charge in [0.1, 0.15) is 0 Å². The number of hydrogen-bond donors (Lipinski definition) is 0. The molecule has 0 bridgehead atoms. The summed E-state index contributed by atoms with van der Waals surface area (Å²) < 4.78 is 5.64. The Kier molecular flexibility index (Phi) is 7.67. The Hall–Kier alpha value is 0.177. The fourth-order valence-corrected chi connectivity index (χ4v) is 1.88. The van der Waals surface area contributed by atoms with Crippen LogP contribution in [0, 0.1) is 0 Å². The van der Waals surface area contributed by atoms with Crippen molar-refractivity contribution in [2.24, 2.45) is 0 Å². The van der Waals surface area contributed by atoms with E-state index in [1.54, 1.807) is 0 Å². The molecule has 0 saturated heterocycles. The monoisotopic (exact) mass is 201 g/mol. The normalized spacial score (nSPS) is 12.0. The van der Waals surface area contributed by atoms with Crippen LogP contribution in [0.25, 0.3) is 0 Å². The van der Waals surface area contributed by atoms with Crippen LogP contribution in [-0.4, -0.2) is 21.7 Å². The molecule has 0 saturated carbocycles. The second-order valence-electron chi connectivity index (χ2n) is 4.57. The molecule has 0 spiro atoms. The smallest absolute Gasteiger partial charge is 0.0598 e. The molecule has 0 fully saturated rings. The van der Waals surface area contributed by atoms with E-state index in [1.807, 2.05) is 0 Å². The van der Waals surface area contributed by atoms with Crippen LogP contribution in [-0.2, 0) is 4.74 Å². The lowest BCUT2D eigenvalue weighted by Gasteiger charge is -2.19. The molecule has 0 aliphatic carbocycles. The number of hydrogen-bond acceptors (Lipinski definition) is 1. The van der Waals surface area contributed by atoms with E-state index in [0.29, 0.717) is 0 Å². The van der Waals surface area contributed by atoms with Crippen LogP contribution in [0.1, 0.15) is 46.5 Å². The highest BCUT2D eigenvalue weighted by Crippen LogP contribution is 2.09. The van der Waals surface area contributed by atoms with Crippen LogP contribution in [0.5, 0.6) is 0 Å². The van der Waals surface area contributed by atoms with Crippen LogP contribution in [0.2, 0.25) is 12.6 Å². The molecule has 0 aromatic heterocycles. The largest absolute Gasteiger partial charge is 0.376 e. The van der Waals surface area contributed by atoms with Gasteiger partial charge < -0.3 is 4.74 Å². The van der Waals surface area contributed by atoms with Crippen molar-refractivity contribution in [3.05, 3.63) is 0 Å². The number of ether oxygens (including phenoxy) is 1. The zero-order valence-electron chi connectivity index (χ0n) is 9.73. The third-order valence-corrected chi connectivity index (χ3v) is 2.91. The lowest BCUT2D eigenvalue weighted by Crippen LogP contribution is -2.19. The van der Waals surface area contributed by atoms with Gasteiger partial charge in [0.2, 0.25) is 0 Å². The molecule has 0 atom stereocenters. The van der Waals surface area contributed by atoms with Crippen LogP contribution in [0.15, 0.2) is 0 Å². The van der Waals surface area contributed by atoms with Crippen molar-refractivity contribution in [1.82, 2.24) is 0 Å². The van der Waals surface area contributed by atoms with Crippen LogP contribution in [0.4, 0.5) is 0 Å². The first-order valence-electron chi connectivity index (χ1n) is 5.48. The molecular weight excluding hydrogens is 176 g/mol. The Morgan fingerprint density at radius 2 is 1.62 bits per heavy atom. The molecule has 13 heavy (non-hydrogen) atoms. The lowest BCUT2D eigenvalue weighted by atomic mass is 10.2. The lowest BCUT2D eigenvalue weighted by molar-refractivity contribution is -0.00471. The molecule has 0 amide bonds. The second kappa shape index (κ2) is 7.57. The zero-order chi connectivity index (χ0) is 10.2. The first-order valence-corrected chi connectivity index (χ1v) is 7.45. The van der Waals surface area contributed by atoms with Crippen molar-refractivity contribution in [1.29, 1.82) is 0 Å². The molecule has 79 valence electrons. The van der Waals surface area contributed by atoms with Crippen molar-refractivity contribution in [2.45, 2.75) is 64.6 Å². The topological polar surface area (TPSA) is 9.23 Å². The Morgan fingerprint density at radius 1 is 1.00 bits per heavy atom. The summed E-state index contributed by atoms with van der Waals surface area (Å²) in [7, 11) is 0.725. The van der Waals surface area contributed by atoms with Gasteiger partial charge in [-0.3, -0.25) is 0 Å². The summed E-state index contributed by atoms with van der Waals surface area (Å²) in [5.74, 6) is 0. The van der Waals surface area contributed by atoms with E-state index in [2.05, 4.69) is 27.3 Å². The van der Waals surface area contributed by atoms with Crippen molar-refractivity contribution in [3.63, 3.8) is 0 Å². The minimum absolute atomic E-state index is 0.0492. The quantitative estimate of drug-likeness (QED) is 0.454. The fraction of sp³-hybridized carbons (Fsp3) is 1.00. The average molecular weight is 201 g/mol. The SMILES string of the molecule is C[SiH]CCCCCCOC(C)(C)C. The first kappa shape index (κ1) is 13.2. The third kappa shape index (κ3) is 12.2. The highest BCUT2D eigenvalue weighted by atomic mass is 28.2. The van der Waals surface area contributed by atoms with Crippen molar-refractivity contribution in [3.8, 4) is 0 Å². The van der Waals surface area contributed by atoms with Gasteiger partial charge in [-0.2, -0.15) is 0 Å². The van der Waals surface area contributed by atoms with Gasteiger partial charge in [-0.1, -0.05) is 31.9 Å². The molecule has 2 heteroatoms. The highest BCUT2D eigenvalue weighted by molar-refractivity contribution is 6.33. The summed E-state index contributed by atoms with van der Waals surface area (Å²) in [4.78, 5) is 0. The summed E-state index contributed by atoms with van der Waals surface area (Å²) in [5.41, 5.74) is 0.0492. The maximum atomic E-state index is 5.64. The summed E-state index contributed by atoms with van der Waals surface area (Å²) in [6.45, 7) is 9.62. The molecule has 0 aliphatic rings. The van der Waals surface area contributed by atoms with E-state index in [0.717, 1.165) is 16.1 Å². The minimum atomic E-state index is 0.0492. The van der Waals surface area contributed by atoms with Gasteiger partial charge in [-0.25, -0.2) is 0 Å². The molecule has 0 aliphatic heterocycles. The van der Waals surface area contributed by atoms with Gasteiger partial charge in [0.25, 0.3) is 0 Å². The standard InChI is InChI=1S/C11H25OSi/c1-11(2,3)12-9-7-5-6-8-10-13-4/h13H,5-10H2,1-4H3. The Labute approximate surface area is 86.1 Å². The minimum Gasteiger partial charge on any atom is -0.376 e. The van der Waals surface area contributed by atoms with Gasteiger partial charge in [-0.05, 0) is 27.2 Å². The maximum absolute atomic E-state index is 5.64. The Bertz CT molecular complexity index is 107. The summed E-state index contributed by atoms with van der Waals surface area (Å²) in [5, 5.41) is 0. The van der Waals surface area contributed by atoms with Gasteiger partial charge >= 0.3 is 0 Å². The fourth-order valence-electron chi connectivity index (χ4n) is 1.18.